The first-order valence-corrected chi connectivity index (χ1v) is 7.49. The molecule has 0 saturated carbocycles. The van der Waals surface area contributed by atoms with E-state index in [1.807, 2.05) is 11.3 Å². The fourth-order valence-corrected chi connectivity index (χ4v) is 3.32. The van der Waals surface area contributed by atoms with Crippen molar-refractivity contribution in [1.82, 2.24) is 10.3 Å². The summed E-state index contributed by atoms with van der Waals surface area (Å²) in [6, 6.07) is -0.419. The Morgan fingerprint density at radius 1 is 1.50 bits per heavy atom. The van der Waals surface area contributed by atoms with E-state index in [-0.39, 0.29) is 5.91 Å². The summed E-state index contributed by atoms with van der Waals surface area (Å²) in [7, 11) is 0. The van der Waals surface area contributed by atoms with Crippen LogP contribution in [0.1, 0.15) is 41.8 Å². The number of rotatable bonds is 5. The number of nitrogens with one attached hydrogen (secondary N) is 1. The van der Waals surface area contributed by atoms with Crippen molar-refractivity contribution in [2.75, 3.05) is 6.54 Å². The number of hydrogen-bond acceptors (Lipinski definition) is 4. The number of carbonyl (C=O) groups is 1. The molecule has 1 aromatic heterocycles. The Hall–Kier alpha value is -0.940. The second-order valence-corrected chi connectivity index (χ2v) is 6.04. The second kappa shape index (κ2) is 6.29. The van der Waals surface area contributed by atoms with Gasteiger partial charge in [0.2, 0.25) is 5.91 Å². The normalized spacial score (nSPS) is 16.1. The van der Waals surface area contributed by atoms with Gasteiger partial charge >= 0.3 is 0 Å². The number of nitrogens with two attached hydrogens (primary N) is 1. The zero-order valence-corrected chi connectivity index (χ0v) is 11.7. The Bertz CT molecular complexity index is 391. The molecule has 1 aromatic rings. The first-order valence-electron chi connectivity index (χ1n) is 6.67. The Labute approximate surface area is 112 Å². The van der Waals surface area contributed by atoms with Crippen LogP contribution >= 0.6 is 11.3 Å². The van der Waals surface area contributed by atoms with E-state index in [1.54, 1.807) is 6.92 Å². The van der Waals surface area contributed by atoms with E-state index in [0.717, 1.165) is 19.3 Å². The lowest BCUT2D eigenvalue weighted by atomic mass is 10.0. The topological polar surface area (TPSA) is 68.0 Å². The highest BCUT2D eigenvalue weighted by Crippen LogP contribution is 2.27. The summed E-state index contributed by atoms with van der Waals surface area (Å²) >= 11 is 1.85. The third-order valence-corrected chi connectivity index (χ3v) is 4.39. The van der Waals surface area contributed by atoms with Crippen LogP contribution in [0, 0.1) is 0 Å². The van der Waals surface area contributed by atoms with Gasteiger partial charge in [-0.25, -0.2) is 4.98 Å². The van der Waals surface area contributed by atoms with Gasteiger partial charge in [0.1, 0.15) is 0 Å². The minimum Gasteiger partial charge on any atom is -0.355 e. The summed E-state index contributed by atoms with van der Waals surface area (Å²) in [6.45, 7) is 2.38. The second-order valence-electron chi connectivity index (χ2n) is 4.87. The molecule has 0 fully saturated rings. The first-order chi connectivity index (χ1) is 8.66. The number of fused-ring (bicyclic) bond motifs is 1. The van der Waals surface area contributed by atoms with Gasteiger partial charge in [-0.2, -0.15) is 0 Å². The van der Waals surface area contributed by atoms with Gasteiger partial charge in [-0.15, -0.1) is 11.3 Å². The lowest BCUT2D eigenvalue weighted by molar-refractivity contribution is -0.121. The molecule has 3 N–H and O–H groups in total. The Balaban J connectivity index is 1.74. The van der Waals surface area contributed by atoms with E-state index in [0.29, 0.717) is 6.54 Å². The van der Waals surface area contributed by atoms with Gasteiger partial charge < -0.3 is 11.1 Å². The summed E-state index contributed by atoms with van der Waals surface area (Å²) in [5.41, 5.74) is 6.79. The van der Waals surface area contributed by atoms with Gasteiger partial charge in [0.25, 0.3) is 0 Å². The van der Waals surface area contributed by atoms with Crippen LogP contribution in [0.25, 0.3) is 0 Å². The summed E-state index contributed by atoms with van der Waals surface area (Å²) in [6.07, 6.45) is 6.82. The number of thiazole rings is 1. The number of nitrogens with zero attached hydrogens (tertiary/aromatic N) is 1. The number of carbonyl (C=O) groups excluding carboxylic acids is 1. The molecule has 2 rings (SSSR count). The molecule has 18 heavy (non-hydrogen) atoms. The largest absolute Gasteiger partial charge is 0.355 e. The van der Waals surface area contributed by atoms with Crippen molar-refractivity contribution in [2.45, 2.75) is 51.5 Å². The molecule has 5 heteroatoms. The van der Waals surface area contributed by atoms with Crippen LogP contribution in [0.15, 0.2) is 0 Å². The van der Waals surface area contributed by atoms with Crippen LogP contribution in [-0.2, 0) is 24.1 Å². The first kappa shape index (κ1) is 13.5. The SMILES string of the molecule is CC(N)C(=O)NCCCc1nc2c(s1)CCCC2. The molecule has 1 amide bonds. The molecule has 4 nitrogen and oxygen atoms in total. The highest BCUT2D eigenvalue weighted by Gasteiger charge is 2.14. The van der Waals surface area contributed by atoms with E-state index in [9.17, 15) is 4.79 Å². The van der Waals surface area contributed by atoms with Crippen molar-refractivity contribution in [1.29, 1.82) is 0 Å². The molecular formula is C13H21N3OS. The van der Waals surface area contributed by atoms with Gasteiger partial charge in [-0.3, -0.25) is 4.79 Å². The maximum absolute atomic E-state index is 11.3. The minimum absolute atomic E-state index is 0.0755. The molecule has 0 radical (unpaired) electrons. The fraction of sp³-hybridized carbons (Fsp3) is 0.692. The Morgan fingerprint density at radius 2 is 2.28 bits per heavy atom. The highest BCUT2D eigenvalue weighted by atomic mass is 32.1. The van der Waals surface area contributed by atoms with Gasteiger partial charge in [-0.1, -0.05) is 0 Å². The third-order valence-electron chi connectivity index (χ3n) is 3.17. The third kappa shape index (κ3) is 3.53. The smallest absolute Gasteiger partial charge is 0.236 e. The van der Waals surface area contributed by atoms with E-state index < -0.39 is 6.04 Å². The summed E-state index contributed by atoms with van der Waals surface area (Å²) in [5.74, 6) is -0.0755. The molecule has 0 aliphatic heterocycles. The molecule has 1 unspecified atom stereocenters. The molecule has 0 spiro atoms. The van der Waals surface area contributed by atoms with Crippen LogP contribution in [0.4, 0.5) is 0 Å². The molecule has 0 bridgehead atoms. The predicted molar refractivity (Wildman–Crippen MR) is 73.7 cm³/mol. The van der Waals surface area contributed by atoms with Crippen molar-refractivity contribution in [3.05, 3.63) is 15.6 Å². The van der Waals surface area contributed by atoms with Gasteiger partial charge in [0.15, 0.2) is 0 Å². The van der Waals surface area contributed by atoms with Crippen molar-refractivity contribution in [3.8, 4) is 0 Å². The van der Waals surface area contributed by atoms with Crippen LogP contribution in [0.3, 0.4) is 0 Å². The molecular weight excluding hydrogens is 246 g/mol. The maximum atomic E-state index is 11.3. The molecule has 1 atom stereocenters. The zero-order valence-electron chi connectivity index (χ0n) is 10.9. The standard InChI is InChI=1S/C13H21N3OS/c1-9(14)13(17)15-8-4-7-12-16-10-5-2-3-6-11(10)18-12/h9H,2-8,14H2,1H3,(H,15,17). The minimum atomic E-state index is -0.419. The van der Waals surface area contributed by atoms with Gasteiger partial charge in [0.05, 0.1) is 16.7 Å². The monoisotopic (exact) mass is 267 g/mol. The van der Waals surface area contributed by atoms with E-state index in [1.165, 1.54) is 34.8 Å². The molecule has 0 saturated heterocycles. The van der Waals surface area contributed by atoms with E-state index >= 15 is 0 Å². The van der Waals surface area contributed by atoms with Crippen LogP contribution in [0.2, 0.25) is 0 Å². The van der Waals surface area contributed by atoms with Crippen LogP contribution in [-0.4, -0.2) is 23.5 Å². The Morgan fingerprint density at radius 3 is 3.00 bits per heavy atom. The van der Waals surface area contributed by atoms with Crippen molar-refractivity contribution in [3.63, 3.8) is 0 Å². The zero-order chi connectivity index (χ0) is 13.0. The molecule has 1 aliphatic rings. The average molecular weight is 267 g/mol. The van der Waals surface area contributed by atoms with Crippen molar-refractivity contribution < 1.29 is 4.79 Å². The van der Waals surface area contributed by atoms with Gasteiger partial charge in [-0.05, 0) is 39.0 Å². The quantitative estimate of drug-likeness (QED) is 0.793. The predicted octanol–water partition coefficient (Wildman–Crippen LogP) is 1.42. The van der Waals surface area contributed by atoms with Crippen molar-refractivity contribution >= 4 is 17.2 Å². The van der Waals surface area contributed by atoms with E-state index in [4.69, 9.17) is 5.73 Å². The Kier molecular flexibility index (Phi) is 4.72. The highest BCUT2D eigenvalue weighted by molar-refractivity contribution is 7.11. The molecule has 0 aromatic carbocycles. The maximum Gasteiger partial charge on any atom is 0.236 e. The molecule has 1 heterocycles. The average Bonchev–Trinajstić information content (AvgIpc) is 2.76. The lowest BCUT2D eigenvalue weighted by Crippen LogP contribution is -2.38. The number of aryl methyl sites for hydroxylation is 3. The molecule has 100 valence electrons. The summed E-state index contributed by atoms with van der Waals surface area (Å²) in [5, 5.41) is 4.05. The lowest BCUT2D eigenvalue weighted by Gasteiger charge is -2.06. The van der Waals surface area contributed by atoms with Gasteiger partial charge in [0, 0.05) is 17.8 Å². The number of hydrogen-bond donors (Lipinski definition) is 2. The molecule has 1 aliphatic carbocycles. The van der Waals surface area contributed by atoms with E-state index in [2.05, 4.69) is 10.3 Å². The fourth-order valence-electron chi connectivity index (χ4n) is 2.12. The summed E-state index contributed by atoms with van der Waals surface area (Å²) < 4.78 is 0. The number of amides is 1. The number of aromatic nitrogens is 1. The van der Waals surface area contributed by atoms with Crippen LogP contribution < -0.4 is 11.1 Å². The van der Waals surface area contributed by atoms with Crippen molar-refractivity contribution in [2.24, 2.45) is 5.73 Å². The summed E-state index contributed by atoms with van der Waals surface area (Å²) in [4.78, 5) is 17.4. The van der Waals surface area contributed by atoms with Crippen LogP contribution in [0.5, 0.6) is 0 Å².